The van der Waals surface area contributed by atoms with E-state index in [9.17, 15) is 9.90 Å². The maximum atomic E-state index is 11.2. The fourth-order valence-electron chi connectivity index (χ4n) is 1.06. The Bertz CT molecular complexity index is 366. The summed E-state index contributed by atoms with van der Waals surface area (Å²) in [6, 6.07) is 9.50. The summed E-state index contributed by atoms with van der Waals surface area (Å²) in [5, 5.41) is 10.1. The molecule has 0 aliphatic heterocycles. The molecule has 0 aliphatic carbocycles. The van der Waals surface area contributed by atoms with Crippen LogP contribution in [0.5, 0.6) is 0 Å². The Balaban J connectivity index is 0.00000196. The van der Waals surface area contributed by atoms with Crippen LogP contribution in [-0.4, -0.2) is 5.78 Å². The molecule has 0 spiro atoms. The number of ketones is 1. The number of allylic oxidation sites excluding steroid dienone is 2. The average molecular weight is 210 g/mol. The number of carbonyl (C=O) groups excluding carboxylic acids is 1. The van der Waals surface area contributed by atoms with E-state index >= 15 is 0 Å². The first-order chi connectivity index (χ1) is 6.74. The van der Waals surface area contributed by atoms with Crippen LogP contribution >= 0.6 is 0 Å². The Labute approximate surface area is 112 Å². The van der Waals surface area contributed by atoms with E-state index in [4.69, 9.17) is 0 Å². The van der Waals surface area contributed by atoms with Gasteiger partial charge in [0.1, 0.15) is 0 Å². The van der Waals surface area contributed by atoms with Crippen LogP contribution in [0.15, 0.2) is 48.2 Å². The summed E-state index contributed by atoms with van der Waals surface area (Å²) in [5.41, 5.74) is 1.51. The van der Waals surface area contributed by atoms with Crippen molar-refractivity contribution in [1.29, 1.82) is 0 Å². The van der Waals surface area contributed by atoms with Crippen molar-refractivity contribution in [2.75, 3.05) is 0 Å². The van der Waals surface area contributed by atoms with Gasteiger partial charge in [0, 0.05) is 0 Å². The van der Waals surface area contributed by atoms with Gasteiger partial charge in [-0.15, -0.1) is 6.26 Å². The molecule has 0 bridgehead atoms. The van der Waals surface area contributed by atoms with Gasteiger partial charge in [-0.1, -0.05) is 30.3 Å². The molecule has 0 aromatic heterocycles. The number of carbonyl (C=O) groups is 1. The van der Waals surface area contributed by atoms with E-state index < -0.39 is 0 Å². The van der Waals surface area contributed by atoms with Crippen LogP contribution in [0.2, 0.25) is 0 Å². The Morgan fingerprint density at radius 2 is 1.87 bits per heavy atom. The third-order valence-electron chi connectivity index (χ3n) is 1.79. The first-order valence-electron chi connectivity index (χ1n) is 4.30. The number of benzene rings is 1. The molecule has 0 aliphatic rings. The fraction of sp³-hybridized carbons (Fsp3) is 0.0833. The van der Waals surface area contributed by atoms with E-state index in [-0.39, 0.29) is 35.3 Å². The van der Waals surface area contributed by atoms with Crippen molar-refractivity contribution >= 4 is 11.9 Å². The summed E-state index contributed by atoms with van der Waals surface area (Å²) >= 11 is 0. The number of rotatable bonds is 3. The quantitative estimate of drug-likeness (QED) is 0.347. The van der Waals surface area contributed by atoms with Crippen LogP contribution in [0.1, 0.15) is 12.5 Å². The molecule has 0 saturated heterocycles. The Hall–Kier alpha value is -0.830. The Morgan fingerprint density at radius 3 is 2.40 bits per heavy atom. The molecule has 0 N–H and O–H groups in total. The largest absolute Gasteiger partial charge is 1.00 e. The van der Waals surface area contributed by atoms with Crippen LogP contribution in [0.4, 0.5) is 0 Å². The van der Waals surface area contributed by atoms with Crippen molar-refractivity contribution in [1.82, 2.24) is 0 Å². The molecule has 1 rings (SSSR count). The van der Waals surface area contributed by atoms with E-state index in [1.54, 1.807) is 13.0 Å². The summed E-state index contributed by atoms with van der Waals surface area (Å²) in [6.45, 7) is 1.69. The zero-order valence-corrected chi connectivity index (χ0v) is 10.9. The van der Waals surface area contributed by atoms with Gasteiger partial charge in [-0.25, -0.2) is 0 Å². The minimum Gasteiger partial charge on any atom is -0.878 e. The molecule has 0 saturated carbocycles. The third kappa shape index (κ3) is 4.98. The van der Waals surface area contributed by atoms with Crippen molar-refractivity contribution in [2.45, 2.75) is 6.92 Å². The second kappa shape index (κ2) is 7.46. The van der Waals surface area contributed by atoms with Crippen molar-refractivity contribution in [2.24, 2.45) is 0 Å². The number of hydrogen-bond donors (Lipinski definition) is 0. The molecular formula is C12H11NaO2. The van der Waals surface area contributed by atoms with Gasteiger partial charge in [-0.2, -0.15) is 0 Å². The van der Waals surface area contributed by atoms with Crippen LogP contribution in [0, 0.1) is 0 Å². The van der Waals surface area contributed by atoms with Crippen LogP contribution in [0.25, 0.3) is 6.08 Å². The van der Waals surface area contributed by atoms with E-state index in [2.05, 4.69) is 0 Å². The first-order valence-corrected chi connectivity index (χ1v) is 4.30. The second-order valence-corrected chi connectivity index (χ2v) is 2.91. The predicted molar refractivity (Wildman–Crippen MR) is 54.2 cm³/mol. The predicted octanol–water partition coefficient (Wildman–Crippen LogP) is -1.46. The molecule has 0 fully saturated rings. The summed E-state index contributed by atoms with van der Waals surface area (Å²) in [6.07, 6.45) is 3.28. The molecular weight excluding hydrogens is 199 g/mol. The molecule has 1 aromatic rings. The van der Waals surface area contributed by atoms with Crippen LogP contribution in [0.3, 0.4) is 0 Å². The minimum absolute atomic E-state index is 0. The molecule has 3 heteroatoms. The van der Waals surface area contributed by atoms with Gasteiger partial charge in [0.25, 0.3) is 0 Å². The van der Waals surface area contributed by atoms with Crippen LogP contribution in [-0.2, 0) is 4.79 Å². The second-order valence-electron chi connectivity index (χ2n) is 2.91. The molecule has 0 radical (unpaired) electrons. The molecule has 0 unspecified atom stereocenters. The van der Waals surface area contributed by atoms with Gasteiger partial charge in [0.2, 0.25) is 0 Å². The summed E-state index contributed by atoms with van der Waals surface area (Å²) in [4.78, 5) is 11.2. The summed E-state index contributed by atoms with van der Waals surface area (Å²) < 4.78 is 0. The van der Waals surface area contributed by atoms with E-state index in [0.717, 1.165) is 11.6 Å². The Kier molecular flexibility index (Phi) is 7.05. The van der Waals surface area contributed by atoms with E-state index in [1.807, 2.05) is 30.3 Å². The van der Waals surface area contributed by atoms with Crippen molar-refractivity contribution < 1.29 is 39.5 Å². The standard InChI is InChI=1S/C12H12O2.Na/c1-10(12(14)7-8-13)9-11-5-3-2-4-6-11;/h2-9,13H,1H3;/q;+1/p-1. The van der Waals surface area contributed by atoms with Crippen molar-refractivity contribution in [3.8, 4) is 0 Å². The maximum Gasteiger partial charge on any atom is 1.00 e. The maximum absolute atomic E-state index is 11.2. The monoisotopic (exact) mass is 210 g/mol. The zero-order valence-electron chi connectivity index (χ0n) is 8.94. The molecule has 72 valence electrons. The van der Waals surface area contributed by atoms with Crippen molar-refractivity contribution in [3.63, 3.8) is 0 Å². The van der Waals surface area contributed by atoms with Gasteiger partial charge in [0.05, 0.1) is 0 Å². The fourth-order valence-corrected chi connectivity index (χ4v) is 1.06. The summed E-state index contributed by atoms with van der Waals surface area (Å²) in [7, 11) is 0. The minimum atomic E-state index is -0.246. The van der Waals surface area contributed by atoms with E-state index in [1.165, 1.54) is 0 Å². The molecule has 0 amide bonds. The van der Waals surface area contributed by atoms with Crippen molar-refractivity contribution in [3.05, 3.63) is 53.8 Å². The zero-order chi connectivity index (χ0) is 10.4. The molecule has 15 heavy (non-hydrogen) atoms. The average Bonchev–Trinajstić information content (AvgIpc) is 2.19. The first kappa shape index (κ1) is 14.2. The van der Waals surface area contributed by atoms with E-state index in [0.29, 0.717) is 11.8 Å². The Morgan fingerprint density at radius 1 is 1.27 bits per heavy atom. The van der Waals surface area contributed by atoms with Crippen LogP contribution < -0.4 is 34.7 Å². The molecule has 0 heterocycles. The smallest absolute Gasteiger partial charge is 0.878 e. The number of hydrogen-bond acceptors (Lipinski definition) is 2. The van der Waals surface area contributed by atoms with Gasteiger partial charge in [-0.3, -0.25) is 4.79 Å². The van der Waals surface area contributed by atoms with Gasteiger partial charge in [0.15, 0.2) is 5.78 Å². The molecule has 1 aromatic carbocycles. The van der Waals surface area contributed by atoms with Gasteiger partial charge < -0.3 is 5.11 Å². The van der Waals surface area contributed by atoms with Gasteiger partial charge in [-0.05, 0) is 30.2 Å². The summed E-state index contributed by atoms with van der Waals surface area (Å²) in [5.74, 6) is -0.246. The van der Waals surface area contributed by atoms with Gasteiger partial charge >= 0.3 is 29.6 Å². The molecule has 0 atom stereocenters. The topological polar surface area (TPSA) is 40.1 Å². The SMILES string of the molecule is CC(=Cc1ccccc1)C(=O)C=C[O-].[Na+]. The molecule has 2 nitrogen and oxygen atoms in total. The third-order valence-corrected chi connectivity index (χ3v) is 1.79. The normalized spacial score (nSPS) is 11.1.